The quantitative estimate of drug-likeness (QED) is 0.788. The highest BCUT2D eigenvalue weighted by molar-refractivity contribution is 5.90. The Kier molecular flexibility index (Phi) is 2.85. The standard InChI is InChI=1S/C16H20N2O2/c1-10-5-8-12-13(9-10)18(15(19)20-16(2,3)4)17-14(12)11-6-7-11/h5,8-9,11H,6-7H2,1-4H3. The lowest BCUT2D eigenvalue weighted by molar-refractivity contribution is 0.0522. The molecule has 1 aliphatic carbocycles. The maximum Gasteiger partial charge on any atom is 0.435 e. The van der Waals surface area contributed by atoms with Crippen LogP contribution in [0.15, 0.2) is 18.2 Å². The molecule has 4 heteroatoms. The first-order valence-corrected chi connectivity index (χ1v) is 7.08. The molecule has 0 spiro atoms. The van der Waals surface area contributed by atoms with Gasteiger partial charge in [0.15, 0.2) is 0 Å². The van der Waals surface area contributed by atoms with Gasteiger partial charge in [0.25, 0.3) is 0 Å². The highest BCUT2D eigenvalue weighted by Gasteiger charge is 2.31. The number of carbonyl (C=O) groups is 1. The fraction of sp³-hybridized carbons (Fsp3) is 0.500. The van der Waals surface area contributed by atoms with Gasteiger partial charge in [-0.3, -0.25) is 0 Å². The maximum absolute atomic E-state index is 12.3. The molecule has 1 heterocycles. The summed E-state index contributed by atoms with van der Waals surface area (Å²) in [6, 6.07) is 6.12. The Morgan fingerprint density at radius 1 is 1.35 bits per heavy atom. The van der Waals surface area contributed by atoms with Crippen LogP contribution in [0.5, 0.6) is 0 Å². The molecule has 0 radical (unpaired) electrons. The summed E-state index contributed by atoms with van der Waals surface area (Å²) in [5.74, 6) is 0.504. The molecule has 0 bridgehead atoms. The van der Waals surface area contributed by atoms with Gasteiger partial charge in [0, 0.05) is 11.3 Å². The Labute approximate surface area is 118 Å². The van der Waals surface area contributed by atoms with Gasteiger partial charge in [-0.05, 0) is 52.2 Å². The minimum Gasteiger partial charge on any atom is -0.442 e. The van der Waals surface area contributed by atoms with E-state index in [1.165, 1.54) is 4.68 Å². The van der Waals surface area contributed by atoms with E-state index in [2.05, 4.69) is 17.2 Å². The molecule has 0 atom stereocenters. The van der Waals surface area contributed by atoms with E-state index in [4.69, 9.17) is 4.74 Å². The van der Waals surface area contributed by atoms with Crippen molar-refractivity contribution in [2.45, 2.75) is 52.1 Å². The van der Waals surface area contributed by atoms with Gasteiger partial charge >= 0.3 is 6.09 Å². The molecule has 2 aromatic rings. The highest BCUT2D eigenvalue weighted by atomic mass is 16.6. The Balaban J connectivity index is 2.10. The lowest BCUT2D eigenvalue weighted by atomic mass is 10.1. The van der Waals surface area contributed by atoms with E-state index in [0.29, 0.717) is 5.92 Å². The Hall–Kier alpha value is -1.84. The van der Waals surface area contributed by atoms with Crippen LogP contribution in [-0.2, 0) is 4.74 Å². The number of ether oxygens (including phenoxy) is 1. The lowest BCUT2D eigenvalue weighted by Crippen LogP contribution is -2.27. The largest absolute Gasteiger partial charge is 0.442 e. The van der Waals surface area contributed by atoms with Crippen molar-refractivity contribution in [1.29, 1.82) is 0 Å². The number of hydrogen-bond acceptors (Lipinski definition) is 3. The molecule has 1 saturated carbocycles. The van der Waals surface area contributed by atoms with Gasteiger partial charge in [0.2, 0.25) is 0 Å². The molecular weight excluding hydrogens is 252 g/mol. The first-order chi connectivity index (χ1) is 9.35. The number of hydrogen-bond donors (Lipinski definition) is 0. The molecule has 0 saturated heterocycles. The average Bonchev–Trinajstić information content (AvgIpc) is 3.08. The number of carbonyl (C=O) groups excluding carboxylic acids is 1. The number of nitrogens with zero attached hydrogens (tertiary/aromatic N) is 2. The predicted molar refractivity (Wildman–Crippen MR) is 78.1 cm³/mol. The van der Waals surface area contributed by atoms with E-state index in [1.54, 1.807) is 0 Å². The first kappa shape index (κ1) is 13.2. The van der Waals surface area contributed by atoms with Crippen molar-refractivity contribution in [3.05, 3.63) is 29.5 Å². The molecule has 0 aliphatic heterocycles. The first-order valence-electron chi connectivity index (χ1n) is 7.08. The van der Waals surface area contributed by atoms with Gasteiger partial charge in [0.05, 0.1) is 11.2 Å². The molecule has 1 aliphatic rings. The topological polar surface area (TPSA) is 44.1 Å². The summed E-state index contributed by atoms with van der Waals surface area (Å²) in [4.78, 5) is 12.3. The van der Waals surface area contributed by atoms with Crippen molar-refractivity contribution in [3.8, 4) is 0 Å². The second-order valence-electron chi connectivity index (χ2n) is 6.57. The number of aryl methyl sites for hydroxylation is 1. The third kappa shape index (κ3) is 2.42. The van der Waals surface area contributed by atoms with Crippen LogP contribution in [0.3, 0.4) is 0 Å². The van der Waals surface area contributed by atoms with Gasteiger partial charge in [-0.25, -0.2) is 4.79 Å². The summed E-state index contributed by atoms with van der Waals surface area (Å²) in [5, 5.41) is 5.59. The molecule has 0 amide bonds. The molecule has 4 nitrogen and oxygen atoms in total. The second kappa shape index (κ2) is 4.33. The van der Waals surface area contributed by atoms with Crippen molar-refractivity contribution in [2.75, 3.05) is 0 Å². The van der Waals surface area contributed by atoms with Gasteiger partial charge in [0.1, 0.15) is 5.60 Å². The van der Waals surface area contributed by atoms with Gasteiger partial charge < -0.3 is 4.74 Å². The minimum absolute atomic E-state index is 0.403. The highest BCUT2D eigenvalue weighted by Crippen LogP contribution is 2.42. The fourth-order valence-corrected chi connectivity index (χ4v) is 2.35. The molecule has 0 N–H and O–H groups in total. The van der Waals surface area contributed by atoms with Crippen LogP contribution in [0.1, 0.15) is 50.8 Å². The fourth-order valence-electron chi connectivity index (χ4n) is 2.35. The molecular formula is C16H20N2O2. The predicted octanol–water partition coefficient (Wildman–Crippen LogP) is 4.01. The summed E-state index contributed by atoms with van der Waals surface area (Å²) < 4.78 is 6.86. The molecule has 0 unspecified atom stereocenters. The molecule has 106 valence electrons. The van der Waals surface area contributed by atoms with Crippen LogP contribution >= 0.6 is 0 Å². The van der Waals surface area contributed by atoms with E-state index >= 15 is 0 Å². The van der Waals surface area contributed by atoms with Crippen LogP contribution in [0.4, 0.5) is 4.79 Å². The summed E-state index contributed by atoms with van der Waals surface area (Å²) in [6.45, 7) is 7.61. The summed E-state index contributed by atoms with van der Waals surface area (Å²) >= 11 is 0. The number of fused-ring (bicyclic) bond motifs is 1. The van der Waals surface area contributed by atoms with E-state index in [-0.39, 0.29) is 0 Å². The van der Waals surface area contributed by atoms with Crippen LogP contribution in [0, 0.1) is 6.92 Å². The zero-order valence-electron chi connectivity index (χ0n) is 12.4. The molecule has 20 heavy (non-hydrogen) atoms. The smallest absolute Gasteiger partial charge is 0.435 e. The van der Waals surface area contributed by atoms with Gasteiger partial charge in [-0.2, -0.15) is 9.78 Å². The van der Waals surface area contributed by atoms with Crippen molar-refractivity contribution >= 4 is 17.0 Å². The third-order valence-electron chi connectivity index (χ3n) is 3.40. The van der Waals surface area contributed by atoms with Crippen LogP contribution in [0.2, 0.25) is 0 Å². The SMILES string of the molecule is Cc1ccc2c(C3CC3)nn(C(=O)OC(C)(C)C)c2c1. The summed E-state index contributed by atoms with van der Waals surface area (Å²) in [7, 11) is 0. The summed E-state index contributed by atoms with van der Waals surface area (Å²) in [6.07, 6.45) is 1.92. The number of rotatable bonds is 1. The Morgan fingerprint density at radius 3 is 2.65 bits per heavy atom. The minimum atomic E-state index is -0.515. The van der Waals surface area contributed by atoms with Gasteiger partial charge in [-0.1, -0.05) is 12.1 Å². The van der Waals surface area contributed by atoms with Crippen molar-refractivity contribution in [1.82, 2.24) is 9.78 Å². The van der Waals surface area contributed by atoms with Crippen LogP contribution in [-0.4, -0.2) is 21.5 Å². The molecule has 1 aromatic carbocycles. The maximum atomic E-state index is 12.3. The van der Waals surface area contributed by atoms with E-state index in [1.807, 2.05) is 33.8 Å². The molecule has 1 fully saturated rings. The zero-order valence-corrected chi connectivity index (χ0v) is 12.4. The van der Waals surface area contributed by atoms with Crippen LogP contribution < -0.4 is 0 Å². The number of benzene rings is 1. The van der Waals surface area contributed by atoms with Crippen molar-refractivity contribution < 1.29 is 9.53 Å². The van der Waals surface area contributed by atoms with Gasteiger partial charge in [-0.15, -0.1) is 0 Å². The molecule has 3 rings (SSSR count). The van der Waals surface area contributed by atoms with E-state index in [0.717, 1.165) is 35.0 Å². The van der Waals surface area contributed by atoms with E-state index in [9.17, 15) is 4.79 Å². The average molecular weight is 272 g/mol. The monoisotopic (exact) mass is 272 g/mol. The second-order valence-corrected chi connectivity index (χ2v) is 6.57. The van der Waals surface area contributed by atoms with Crippen molar-refractivity contribution in [2.24, 2.45) is 0 Å². The molecule has 1 aromatic heterocycles. The Bertz CT molecular complexity index is 676. The van der Waals surface area contributed by atoms with Crippen molar-refractivity contribution in [3.63, 3.8) is 0 Å². The summed E-state index contributed by atoms with van der Waals surface area (Å²) in [5.41, 5.74) is 2.48. The zero-order chi connectivity index (χ0) is 14.5. The lowest BCUT2D eigenvalue weighted by Gasteiger charge is -2.19. The third-order valence-corrected chi connectivity index (χ3v) is 3.40. The number of aromatic nitrogens is 2. The van der Waals surface area contributed by atoms with E-state index < -0.39 is 11.7 Å². The Morgan fingerprint density at radius 2 is 2.05 bits per heavy atom. The normalized spacial score (nSPS) is 15.6. The van der Waals surface area contributed by atoms with Crippen LogP contribution in [0.25, 0.3) is 10.9 Å².